The van der Waals surface area contributed by atoms with Crippen LogP contribution in [0.25, 0.3) is 0 Å². The number of halogens is 3. The van der Waals surface area contributed by atoms with Gasteiger partial charge in [-0.25, -0.2) is 8.42 Å². The summed E-state index contributed by atoms with van der Waals surface area (Å²) in [5, 5.41) is 11.4. The summed E-state index contributed by atoms with van der Waals surface area (Å²) in [5.74, 6) is -3.35. The summed E-state index contributed by atoms with van der Waals surface area (Å²) in [6, 6.07) is 13.9. The molecule has 9 rings (SSSR count). The van der Waals surface area contributed by atoms with Gasteiger partial charge in [0.25, 0.3) is 17.7 Å². The number of ether oxygens (including phenoxy) is 5. The molecule has 1 unspecified atom stereocenters. The first-order valence-electron chi connectivity index (χ1n) is 22.9. The molecule has 2 aromatic heterocycles. The Morgan fingerprint density at radius 1 is 0.959 bits per heavy atom. The van der Waals surface area contributed by atoms with Gasteiger partial charge < -0.3 is 44.5 Å². The lowest BCUT2D eigenvalue weighted by atomic mass is 10.0. The molecule has 0 radical (unpaired) electrons. The van der Waals surface area contributed by atoms with Crippen LogP contribution in [0, 0.1) is 0 Å². The standard InChI is InChI=1S/C47H46ClF2N11O12S/c1-69-46-57-44(54-31-24-26(74(2,67)68)11-12-30(31)53-38(39-29(48)8-5-15-52-39)28-7-4-10-34-40(28)73-47(49,50)72-34)56-45(58-46)60-19-17-59(18-20-60)21-23-70-22-16-51-36(63)25-71-33-9-3-6-27-37(33)43(66)61(42(27)65)32-13-14-35(62)55-41(32)64/h3-12,15,24,32,38,53H,13-14,16-23,25H2,1-2H3,(H,51,63)(H,55,62,64)(H,54,56,57,58)/t32?,38-/m0/s1. The third kappa shape index (κ3) is 11.2. The molecule has 27 heteroatoms. The highest BCUT2D eigenvalue weighted by Crippen LogP contribution is 2.48. The van der Waals surface area contributed by atoms with E-state index >= 15 is 0 Å². The number of carbonyl (C=O) groups excluding carboxylic acids is 5. The fourth-order valence-electron chi connectivity index (χ4n) is 8.54. The number of rotatable bonds is 19. The number of sulfone groups is 1. The summed E-state index contributed by atoms with van der Waals surface area (Å²) in [6.45, 7) is 3.02. The molecule has 2 fully saturated rings. The van der Waals surface area contributed by atoms with Gasteiger partial charge in [0.1, 0.15) is 11.8 Å². The van der Waals surface area contributed by atoms with Crippen molar-refractivity contribution in [3.63, 3.8) is 0 Å². The van der Waals surface area contributed by atoms with Crippen molar-refractivity contribution in [1.82, 2.24) is 40.4 Å². The summed E-state index contributed by atoms with van der Waals surface area (Å²) >= 11 is 6.63. The second kappa shape index (κ2) is 21.3. The van der Waals surface area contributed by atoms with Crippen molar-refractivity contribution in [3.8, 4) is 23.3 Å². The predicted octanol–water partition coefficient (Wildman–Crippen LogP) is 3.33. The highest BCUT2D eigenvalue weighted by molar-refractivity contribution is 7.90. The summed E-state index contributed by atoms with van der Waals surface area (Å²) in [7, 11) is -2.36. The fourth-order valence-corrected chi connectivity index (χ4v) is 9.42. The summed E-state index contributed by atoms with van der Waals surface area (Å²) in [4.78, 5) is 85.9. The van der Waals surface area contributed by atoms with Gasteiger partial charge in [-0.2, -0.15) is 15.0 Å². The van der Waals surface area contributed by atoms with Crippen LogP contribution in [0.5, 0.6) is 23.3 Å². The van der Waals surface area contributed by atoms with E-state index in [1.807, 2.05) is 4.90 Å². The molecule has 0 spiro atoms. The number of amides is 5. The molecule has 23 nitrogen and oxygen atoms in total. The molecule has 2 saturated heterocycles. The Bertz CT molecular complexity index is 3150. The molecular weight excluding hydrogens is 1020 g/mol. The maximum absolute atomic E-state index is 14.4. The normalized spacial score (nSPS) is 17.7. The van der Waals surface area contributed by atoms with Crippen LogP contribution in [0.1, 0.15) is 50.9 Å². The second-order valence-corrected chi connectivity index (χ2v) is 19.5. The van der Waals surface area contributed by atoms with Crippen LogP contribution < -0.4 is 45.1 Å². The molecule has 4 aliphatic rings. The number of anilines is 4. The maximum Gasteiger partial charge on any atom is 0.586 e. The van der Waals surface area contributed by atoms with Gasteiger partial charge >= 0.3 is 12.3 Å². The van der Waals surface area contributed by atoms with E-state index in [-0.39, 0.29) is 105 Å². The summed E-state index contributed by atoms with van der Waals surface area (Å²) in [6.07, 6.45) is -1.42. The molecule has 0 aliphatic carbocycles. The number of nitrogens with zero attached hydrogens (tertiary/aromatic N) is 7. The number of methoxy groups -OCH3 is 1. The van der Waals surface area contributed by atoms with E-state index in [1.54, 1.807) is 18.2 Å². The lowest BCUT2D eigenvalue weighted by molar-refractivity contribution is -0.287. The van der Waals surface area contributed by atoms with Crippen LogP contribution in [0.4, 0.5) is 32.1 Å². The van der Waals surface area contributed by atoms with Crippen molar-refractivity contribution in [1.29, 1.82) is 0 Å². The van der Waals surface area contributed by atoms with E-state index < -0.39 is 64.4 Å². The number of hydrogen-bond donors (Lipinski definition) is 4. The number of nitrogens with one attached hydrogen (secondary N) is 4. The zero-order valence-corrected chi connectivity index (χ0v) is 41.0. The number of piperidine rings is 1. The molecule has 388 valence electrons. The Kier molecular flexibility index (Phi) is 14.7. The van der Waals surface area contributed by atoms with E-state index in [2.05, 4.69) is 46.1 Å². The first-order valence-corrected chi connectivity index (χ1v) is 25.2. The minimum Gasteiger partial charge on any atom is -0.483 e. The molecule has 0 bridgehead atoms. The molecular formula is C47H46ClF2N11O12S. The van der Waals surface area contributed by atoms with Gasteiger partial charge in [0.05, 0.1) is 64.5 Å². The number of benzene rings is 3. The van der Waals surface area contributed by atoms with Crippen LogP contribution >= 0.6 is 11.6 Å². The zero-order chi connectivity index (χ0) is 52.3. The van der Waals surface area contributed by atoms with Gasteiger partial charge in [0.15, 0.2) is 27.9 Å². The van der Waals surface area contributed by atoms with Gasteiger partial charge in [-0.3, -0.25) is 44.1 Å². The second-order valence-electron chi connectivity index (χ2n) is 17.0. The quantitative estimate of drug-likeness (QED) is 0.0682. The summed E-state index contributed by atoms with van der Waals surface area (Å²) in [5.41, 5.74) is 0.837. The zero-order valence-electron chi connectivity index (χ0n) is 39.4. The van der Waals surface area contributed by atoms with Crippen molar-refractivity contribution in [2.24, 2.45) is 0 Å². The number of fused-ring (bicyclic) bond motifs is 2. The summed E-state index contributed by atoms with van der Waals surface area (Å²) < 4.78 is 80.9. The average Bonchev–Trinajstić information content (AvgIpc) is 3.84. The number of imide groups is 2. The number of para-hydroxylation sites is 1. The van der Waals surface area contributed by atoms with Crippen LogP contribution in [0.3, 0.4) is 0 Å². The Morgan fingerprint density at radius 2 is 1.76 bits per heavy atom. The Balaban J connectivity index is 0.783. The Morgan fingerprint density at radius 3 is 2.51 bits per heavy atom. The molecule has 74 heavy (non-hydrogen) atoms. The van der Waals surface area contributed by atoms with E-state index in [9.17, 15) is 41.2 Å². The van der Waals surface area contributed by atoms with Crippen molar-refractivity contribution in [3.05, 3.63) is 100 Å². The minimum absolute atomic E-state index is 0.00177. The van der Waals surface area contributed by atoms with E-state index in [1.165, 1.54) is 61.8 Å². The largest absolute Gasteiger partial charge is 0.586 e. The van der Waals surface area contributed by atoms with E-state index in [0.717, 1.165) is 11.2 Å². The molecule has 5 aromatic rings. The lowest BCUT2D eigenvalue weighted by Gasteiger charge is -2.34. The lowest BCUT2D eigenvalue weighted by Crippen LogP contribution is -2.54. The van der Waals surface area contributed by atoms with E-state index in [4.69, 9.17) is 35.3 Å². The van der Waals surface area contributed by atoms with Crippen LogP contribution in [-0.4, -0.2) is 152 Å². The van der Waals surface area contributed by atoms with Gasteiger partial charge in [-0.05, 0) is 55.0 Å². The third-order valence-corrected chi connectivity index (χ3v) is 13.6. The maximum atomic E-state index is 14.4. The molecule has 4 aliphatic heterocycles. The Hall–Kier alpha value is -7.81. The molecule has 6 heterocycles. The molecule has 2 atom stereocenters. The highest BCUT2D eigenvalue weighted by atomic mass is 35.5. The van der Waals surface area contributed by atoms with Crippen molar-refractivity contribution >= 4 is 74.2 Å². The molecule has 5 amide bonds. The monoisotopic (exact) mass is 1060 g/mol. The van der Waals surface area contributed by atoms with Crippen LogP contribution in [0.15, 0.2) is 77.8 Å². The molecule has 4 N–H and O–H groups in total. The SMILES string of the molecule is COc1nc(Nc2cc(S(C)(=O)=O)ccc2N[C@@H](c2cccc3c2OC(F)(F)O3)c2ncccc2Cl)nc(N2CCN(CCOCCNC(=O)COc3cccc4c3C(=O)N(C3CCC(=O)NC3=O)C4=O)CC2)n1. The first kappa shape index (κ1) is 51.1. The van der Waals surface area contributed by atoms with Crippen molar-refractivity contribution in [2.75, 3.05) is 88.0 Å². The van der Waals surface area contributed by atoms with Gasteiger partial charge in [-0.1, -0.05) is 29.8 Å². The first-order chi connectivity index (χ1) is 35.5. The van der Waals surface area contributed by atoms with Crippen LogP contribution in [-0.2, 0) is 29.0 Å². The van der Waals surface area contributed by atoms with Crippen molar-refractivity contribution < 1.29 is 64.9 Å². The number of piperazine rings is 1. The number of pyridine rings is 1. The predicted molar refractivity (Wildman–Crippen MR) is 258 cm³/mol. The smallest absolute Gasteiger partial charge is 0.483 e. The van der Waals surface area contributed by atoms with Crippen LogP contribution in [0.2, 0.25) is 5.02 Å². The number of alkyl halides is 2. The number of carbonyl (C=O) groups is 5. The molecule has 0 saturated carbocycles. The number of aromatic nitrogens is 4. The highest BCUT2D eigenvalue weighted by Gasteiger charge is 2.47. The minimum atomic E-state index is -3.93. The fraction of sp³-hybridized carbons (Fsp3) is 0.340. The topological polar surface area (TPSA) is 275 Å². The van der Waals surface area contributed by atoms with Gasteiger partial charge in [0, 0.05) is 63.7 Å². The third-order valence-electron chi connectivity index (χ3n) is 12.1. The van der Waals surface area contributed by atoms with Gasteiger partial charge in [0.2, 0.25) is 23.7 Å². The average molecular weight is 1060 g/mol. The number of hydrogen-bond acceptors (Lipinski definition) is 20. The van der Waals surface area contributed by atoms with Gasteiger partial charge in [-0.15, -0.1) is 8.78 Å². The van der Waals surface area contributed by atoms with Crippen molar-refractivity contribution in [2.45, 2.75) is 36.1 Å². The van der Waals surface area contributed by atoms with E-state index in [0.29, 0.717) is 39.3 Å². The Labute approximate surface area is 425 Å². The molecule has 3 aromatic carbocycles.